The third-order valence-electron chi connectivity index (χ3n) is 6.80. The number of aliphatic hydroxyl groups is 1. The largest absolute Gasteiger partial charge is 0.394 e. The molecule has 0 spiro atoms. The van der Waals surface area contributed by atoms with Gasteiger partial charge in [-0.1, -0.05) is 60.2 Å². The van der Waals surface area contributed by atoms with E-state index < -0.39 is 27.9 Å². The summed E-state index contributed by atoms with van der Waals surface area (Å²) in [6, 6.07) is 20.2. The number of amides is 1. The van der Waals surface area contributed by atoms with Gasteiger partial charge in [-0.2, -0.15) is 4.31 Å². The lowest BCUT2D eigenvalue weighted by molar-refractivity contribution is -0.158. The fourth-order valence-electron chi connectivity index (χ4n) is 5.15. The number of benzene rings is 3. The van der Waals surface area contributed by atoms with Crippen LogP contribution in [0.3, 0.4) is 0 Å². The monoisotopic (exact) mass is 480 g/mol. The second-order valence-corrected chi connectivity index (χ2v) is 10.8. The van der Waals surface area contributed by atoms with Crippen molar-refractivity contribution in [2.45, 2.75) is 29.8 Å². The van der Waals surface area contributed by atoms with E-state index in [1.807, 2.05) is 49.4 Å². The number of nitrogens with zero attached hydrogens (tertiary/aromatic N) is 2. The summed E-state index contributed by atoms with van der Waals surface area (Å²) in [5.41, 5.74) is 4.26. The Morgan fingerprint density at radius 3 is 2.41 bits per heavy atom. The Bertz CT molecular complexity index is 1340. The smallest absolute Gasteiger partial charge is 0.243 e. The molecular formula is C26H25FN2O4S. The molecule has 3 aromatic rings. The summed E-state index contributed by atoms with van der Waals surface area (Å²) >= 11 is 0. The number of aryl methyl sites for hydroxylation is 1. The van der Waals surface area contributed by atoms with Gasteiger partial charge in [-0.05, 0) is 41.8 Å². The topological polar surface area (TPSA) is 77.9 Å². The average Bonchev–Trinajstić information content (AvgIpc) is 2.80. The minimum Gasteiger partial charge on any atom is -0.394 e. The van der Waals surface area contributed by atoms with E-state index in [2.05, 4.69) is 6.07 Å². The molecule has 1 amide bonds. The van der Waals surface area contributed by atoms with Crippen LogP contribution in [0.2, 0.25) is 0 Å². The molecule has 2 aliphatic rings. The van der Waals surface area contributed by atoms with E-state index >= 15 is 0 Å². The van der Waals surface area contributed by atoms with Crippen LogP contribution in [0.1, 0.15) is 17.0 Å². The van der Waals surface area contributed by atoms with Crippen LogP contribution in [-0.2, 0) is 14.8 Å². The molecule has 2 heterocycles. The Morgan fingerprint density at radius 1 is 1.00 bits per heavy atom. The SMILES string of the molecule is Cc1cccc(-c2ccc([C@@H]3[C@H]4CN(S(=O)(=O)c5cccc(F)c5)CC(=O)N4[C@H]3CO)cc2)c1. The first-order valence-electron chi connectivity index (χ1n) is 11.1. The minimum absolute atomic E-state index is 0.0887. The second-order valence-electron chi connectivity index (χ2n) is 8.89. The maximum absolute atomic E-state index is 13.7. The highest BCUT2D eigenvalue weighted by molar-refractivity contribution is 7.89. The van der Waals surface area contributed by atoms with Crippen LogP contribution in [0.5, 0.6) is 0 Å². The second kappa shape index (κ2) is 8.61. The number of fused-ring (bicyclic) bond motifs is 1. The van der Waals surface area contributed by atoms with Gasteiger partial charge in [0.1, 0.15) is 5.82 Å². The Hall–Kier alpha value is -3.07. The van der Waals surface area contributed by atoms with Crippen LogP contribution in [0.25, 0.3) is 11.1 Å². The average molecular weight is 481 g/mol. The molecule has 34 heavy (non-hydrogen) atoms. The van der Waals surface area contributed by atoms with E-state index in [9.17, 15) is 22.7 Å². The lowest BCUT2D eigenvalue weighted by Gasteiger charge is -2.58. The van der Waals surface area contributed by atoms with Gasteiger partial charge in [0.15, 0.2) is 0 Å². The maximum atomic E-state index is 13.7. The van der Waals surface area contributed by atoms with Crippen LogP contribution in [0.15, 0.2) is 77.7 Å². The quantitative estimate of drug-likeness (QED) is 0.609. The van der Waals surface area contributed by atoms with Crippen LogP contribution in [-0.4, -0.2) is 60.4 Å². The highest BCUT2D eigenvalue weighted by Gasteiger charge is 2.55. The summed E-state index contributed by atoms with van der Waals surface area (Å²) in [5, 5.41) is 10.0. The molecule has 176 valence electrons. The van der Waals surface area contributed by atoms with Gasteiger partial charge in [-0.3, -0.25) is 4.79 Å². The standard InChI is InChI=1S/C26H25FN2O4S/c1-17-4-2-5-20(12-17)18-8-10-19(11-9-18)26-23-14-28(15-25(31)29(23)24(26)16-30)34(32,33)22-7-3-6-21(27)13-22/h2-13,23-24,26,30H,14-16H2,1H3/t23-,24+,26-/m1/s1. The van der Waals surface area contributed by atoms with Crippen molar-refractivity contribution in [2.75, 3.05) is 19.7 Å². The number of halogens is 1. The number of piperazine rings is 1. The molecule has 0 radical (unpaired) electrons. The lowest BCUT2D eigenvalue weighted by atomic mass is 9.74. The molecule has 1 N–H and O–H groups in total. The normalized spacial score (nSPS) is 22.9. The zero-order valence-electron chi connectivity index (χ0n) is 18.6. The predicted octanol–water partition coefficient (Wildman–Crippen LogP) is 3.16. The van der Waals surface area contributed by atoms with E-state index in [4.69, 9.17) is 0 Å². The third-order valence-corrected chi connectivity index (χ3v) is 8.61. The number of carbonyl (C=O) groups excluding carboxylic acids is 1. The minimum atomic E-state index is -4.03. The molecular weight excluding hydrogens is 455 g/mol. The van der Waals surface area contributed by atoms with E-state index in [1.165, 1.54) is 18.2 Å². The van der Waals surface area contributed by atoms with Crippen molar-refractivity contribution >= 4 is 15.9 Å². The van der Waals surface area contributed by atoms with Crippen LogP contribution in [0.4, 0.5) is 4.39 Å². The maximum Gasteiger partial charge on any atom is 0.243 e. The molecule has 0 bridgehead atoms. The Labute approximate surface area is 198 Å². The van der Waals surface area contributed by atoms with Crippen molar-refractivity contribution in [1.29, 1.82) is 0 Å². The van der Waals surface area contributed by atoms with Gasteiger partial charge >= 0.3 is 0 Å². The zero-order valence-corrected chi connectivity index (χ0v) is 19.5. The highest BCUT2D eigenvalue weighted by atomic mass is 32.2. The molecule has 0 unspecified atom stereocenters. The molecule has 8 heteroatoms. The molecule has 0 aliphatic carbocycles. The molecule has 5 rings (SSSR count). The van der Waals surface area contributed by atoms with Crippen molar-refractivity contribution in [3.63, 3.8) is 0 Å². The number of aliphatic hydroxyl groups excluding tert-OH is 1. The van der Waals surface area contributed by atoms with Gasteiger partial charge in [0, 0.05) is 12.5 Å². The van der Waals surface area contributed by atoms with Gasteiger partial charge < -0.3 is 10.0 Å². The van der Waals surface area contributed by atoms with Crippen LogP contribution < -0.4 is 0 Å². The Balaban J connectivity index is 1.42. The van der Waals surface area contributed by atoms with Crippen molar-refractivity contribution < 1.29 is 22.7 Å². The van der Waals surface area contributed by atoms with E-state index in [0.29, 0.717) is 0 Å². The van der Waals surface area contributed by atoms with Crippen molar-refractivity contribution in [2.24, 2.45) is 0 Å². The molecule has 2 saturated heterocycles. The Kier molecular flexibility index (Phi) is 5.75. The molecule has 2 aliphatic heterocycles. The van der Waals surface area contributed by atoms with Crippen molar-refractivity contribution in [3.05, 3.63) is 89.7 Å². The number of sulfonamides is 1. The summed E-state index contributed by atoms with van der Waals surface area (Å²) in [6.45, 7) is 1.59. The van der Waals surface area contributed by atoms with Gasteiger partial charge in [-0.25, -0.2) is 12.8 Å². The van der Waals surface area contributed by atoms with Gasteiger partial charge in [0.05, 0.1) is 30.1 Å². The summed E-state index contributed by atoms with van der Waals surface area (Å²) < 4.78 is 41.0. The van der Waals surface area contributed by atoms with E-state index in [1.54, 1.807) is 4.90 Å². The van der Waals surface area contributed by atoms with Crippen molar-refractivity contribution in [1.82, 2.24) is 9.21 Å². The predicted molar refractivity (Wildman–Crippen MR) is 126 cm³/mol. The lowest BCUT2D eigenvalue weighted by Crippen LogP contribution is -2.73. The molecule has 0 saturated carbocycles. The summed E-state index contributed by atoms with van der Waals surface area (Å²) in [6.07, 6.45) is 0. The van der Waals surface area contributed by atoms with Gasteiger partial charge in [-0.15, -0.1) is 0 Å². The third kappa shape index (κ3) is 3.81. The number of hydrogen-bond donors (Lipinski definition) is 1. The summed E-state index contributed by atoms with van der Waals surface area (Å²) in [4.78, 5) is 14.3. The highest BCUT2D eigenvalue weighted by Crippen LogP contribution is 2.44. The summed E-state index contributed by atoms with van der Waals surface area (Å²) in [7, 11) is -4.03. The molecule has 3 atom stereocenters. The number of hydrogen-bond acceptors (Lipinski definition) is 4. The number of rotatable bonds is 5. The van der Waals surface area contributed by atoms with E-state index in [0.717, 1.165) is 32.6 Å². The Morgan fingerprint density at radius 2 is 1.74 bits per heavy atom. The molecule has 2 fully saturated rings. The summed E-state index contributed by atoms with van der Waals surface area (Å²) in [5.74, 6) is -1.21. The first kappa shape index (κ1) is 22.7. The van der Waals surface area contributed by atoms with Crippen LogP contribution in [0, 0.1) is 12.7 Å². The fourth-order valence-corrected chi connectivity index (χ4v) is 6.59. The first-order valence-corrected chi connectivity index (χ1v) is 12.6. The molecule has 0 aromatic heterocycles. The molecule has 3 aromatic carbocycles. The number of carbonyl (C=O) groups is 1. The zero-order chi connectivity index (χ0) is 24.0. The van der Waals surface area contributed by atoms with Crippen LogP contribution >= 0.6 is 0 Å². The van der Waals surface area contributed by atoms with Gasteiger partial charge in [0.2, 0.25) is 15.9 Å². The van der Waals surface area contributed by atoms with Gasteiger partial charge in [0.25, 0.3) is 0 Å². The molecule has 6 nitrogen and oxygen atoms in total. The first-order chi connectivity index (χ1) is 16.3. The van der Waals surface area contributed by atoms with Crippen molar-refractivity contribution in [3.8, 4) is 11.1 Å². The fraction of sp³-hybridized carbons (Fsp3) is 0.269. The van der Waals surface area contributed by atoms with E-state index in [-0.39, 0.29) is 36.4 Å².